The van der Waals surface area contributed by atoms with Gasteiger partial charge in [-0.1, -0.05) is 17.7 Å². The number of hydrogen-bond donors (Lipinski definition) is 3. The summed E-state index contributed by atoms with van der Waals surface area (Å²) >= 11 is 6.71. The van der Waals surface area contributed by atoms with Gasteiger partial charge in [-0.15, -0.1) is 0 Å². The molecule has 6 rings (SSSR count). The molecule has 2 amide bonds. The largest absolute Gasteiger partial charge is 0.491 e. The van der Waals surface area contributed by atoms with Gasteiger partial charge >= 0.3 is 0 Å². The van der Waals surface area contributed by atoms with Crippen molar-refractivity contribution in [3.63, 3.8) is 0 Å². The third kappa shape index (κ3) is 5.26. The minimum atomic E-state index is -0.386. The van der Waals surface area contributed by atoms with Crippen LogP contribution in [0.5, 0.6) is 5.75 Å². The quantitative estimate of drug-likeness (QED) is 0.289. The number of imide groups is 1. The van der Waals surface area contributed by atoms with E-state index in [0.717, 1.165) is 38.3 Å². The predicted molar refractivity (Wildman–Crippen MR) is 141 cm³/mol. The lowest BCUT2D eigenvalue weighted by Crippen LogP contribution is -2.25. The summed E-state index contributed by atoms with van der Waals surface area (Å²) in [6.45, 7) is 3.70. The minimum Gasteiger partial charge on any atom is -0.491 e. The maximum Gasteiger partial charge on any atom is 0.254 e. The Labute approximate surface area is 219 Å². The molecule has 1 aliphatic carbocycles. The fourth-order valence-corrected chi connectivity index (χ4v) is 4.87. The maximum atomic E-state index is 12.1. The number of amides is 2. The zero-order chi connectivity index (χ0) is 25.4. The van der Waals surface area contributed by atoms with Crippen LogP contribution in [0, 0.1) is 0 Å². The van der Waals surface area contributed by atoms with Gasteiger partial charge in [0.25, 0.3) is 5.91 Å². The first-order valence-electron chi connectivity index (χ1n) is 12.6. The summed E-state index contributed by atoms with van der Waals surface area (Å²) in [5.74, 6) is 1.27. The first kappa shape index (κ1) is 23.7. The minimum absolute atomic E-state index is 0.0431. The molecule has 37 heavy (non-hydrogen) atoms. The van der Waals surface area contributed by atoms with Crippen LogP contribution >= 0.6 is 11.6 Å². The Balaban J connectivity index is 1.27. The summed E-state index contributed by atoms with van der Waals surface area (Å²) < 4.78 is 7.71. The molecule has 11 heteroatoms. The molecule has 4 heterocycles. The number of hydrogen-bond acceptors (Lipinski definition) is 8. The van der Waals surface area contributed by atoms with Gasteiger partial charge in [-0.2, -0.15) is 9.61 Å². The van der Waals surface area contributed by atoms with Crippen LogP contribution in [0.3, 0.4) is 0 Å². The van der Waals surface area contributed by atoms with Gasteiger partial charge in [0.05, 0.1) is 18.3 Å². The number of aromatic nitrogens is 3. The summed E-state index contributed by atoms with van der Waals surface area (Å²) in [5, 5.41) is 14.1. The topological polar surface area (TPSA) is 113 Å². The Morgan fingerprint density at radius 1 is 1.22 bits per heavy atom. The van der Waals surface area contributed by atoms with Gasteiger partial charge < -0.3 is 15.4 Å². The number of benzene rings is 1. The zero-order valence-corrected chi connectivity index (χ0v) is 21.1. The van der Waals surface area contributed by atoms with E-state index in [0.29, 0.717) is 51.7 Å². The molecule has 0 spiro atoms. The number of nitrogens with one attached hydrogen (secondary N) is 3. The van der Waals surface area contributed by atoms with Crippen molar-refractivity contribution in [3.05, 3.63) is 46.6 Å². The van der Waals surface area contributed by atoms with E-state index in [1.54, 1.807) is 16.8 Å². The van der Waals surface area contributed by atoms with Crippen LogP contribution in [0.2, 0.25) is 5.02 Å². The SMILES string of the molecule is O=C1C/C(=C\c2cnn3c(NC4CC4)cc(Nc4cccc(OCCN5CCCC5)c4Cl)nc23)C(=O)N1. The highest BCUT2D eigenvalue weighted by atomic mass is 35.5. The average molecular weight is 522 g/mol. The van der Waals surface area contributed by atoms with E-state index in [9.17, 15) is 9.59 Å². The molecule has 0 atom stereocenters. The highest BCUT2D eigenvalue weighted by molar-refractivity contribution is 6.34. The first-order valence-corrected chi connectivity index (χ1v) is 13.0. The fourth-order valence-electron chi connectivity index (χ4n) is 4.64. The van der Waals surface area contributed by atoms with Gasteiger partial charge in [-0.05, 0) is 57.0 Å². The van der Waals surface area contributed by atoms with Crippen LogP contribution in [-0.2, 0) is 9.59 Å². The average Bonchev–Trinajstić information content (AvgIpc) is 3.22. The molecular weight excluding hydrogens is 494 g/mol. The summed E-state index contributed by atoms with van der Waals surface area (Å²) in [6.07, 6.45) is 8.04. The van der Waals surface area contributed by atoms with E-state index in [1.165, 1.54) is 12.8 Å². The Morgan fingerprint density at radius 3 is 2.81 bits per heavy atom. The molecule has 0 bridgehead atoms. The second-order valence-electron chi connectivity index (χ2n) is 9.64. The molecule has 0 unspecified atom stereocenters. The molecular formula is C26H28ClN7O3. The van der Waals surface area contributed by atoms with E-state index in [1.807, 2.05) is 24.3 Å². The summed E-state index contributed by atoms with van der Waals surface area (Å²) in [4.78, 5) is 30.9. The van der Waals surface area contributed by atoms with Crippen LogP contribution in [0.1, 0.15) is 37.7 Å². The van der Waals surface area contributed by atoms with Gasteiger partial charge in [-0.3, -0.25) is 19.8 Å². The Morgan fingerprint density at radius 2 is 2.05 bits per heavy atom. The van der Waals surface area contributed by atoms with E-state index in [2.05, 4.69) is 25.9 Å². The number of fused-ring (bicyclic) bond motifs is 1. The molecule has 0 radical (unpaired) electrons. The number of carbonyl (C=O) groups excluding carboxylic acids is 2. The predicted octanol–water partition coefficient (Wildman–Crippen LogP) is 3.61. The fraction of sp³-hybridized carbons (Fsp3) is 0.385. The number of likely N-dealkylation sites (tertiary alicyclic amines) is 1. The molecule has 2 saturated heterocycles. The molecule has 10 nitrogen and oxygen atoms in total. The van der Waals surface area contributed by atoms with Crippen molar-refractivity contribution in [3.8, 4) is 5.75 Å². The van der Waals surface area contributed by atoms with Crippen LogP contribution in [0.15, 0.2) is 36.0 Å². The van der Waals surface area contributed by atoms with Crippen molar-refractivity contribution < 1.29 is 14.3 Å². The van der Waals surface area contributed by atoms with Crippen LogP contribution in [0.25, 0.3) is 11.7 Å². The van der Waals surface area contributed by atoms with Gasteiger partial charge in [0.1, 0.15) is 29.0 Å². The normalized spacial score (nSPS) is 19.1. The third-order valence-corrected chi connectivity index (χ3v) is 7.13. The molecule has 1 aromatic carbocycles. The number of carbonyl (C=O) groups is 2. The molecule has 192 valence electrons. The van der Waals surface area contributed by atoms with Crippen molar-refractivity contribution in [2.24, 2.45) is 0 Å². The Hall–Kier alpha value is -3.63. The lowest BCUT2D eigenvalue weighted by Gasteiger charge is -2.17. The van der Waals surface area contributed by atoms with Crippen LogP contribution < -0.4 is 20.7 Å². The molecule has 3 aliphatic rings. The van der Waals surface area contributed by atoms with Crippen LogP contribution in [0.4, 0.5) is 17.3 Å². The lowest BCUT2D eigenvalue weighted by molar-refractivity contribution is -0.124. The summed E-state index contributed by atoms with van der Waals surface area (Å²) in [5.41, 5.74) is 2.27. The van der Waals surface area contributed by atoms with Gasteiger partial charge in [0, 0.05) is 29.8 Å². The van der Waals surface area contributed by atoms with E-state index >= 15 is 0 Å². The maximum absolute atomic E-state index is 12.1. The van der Waals surface area contributed by atoms with Gasteiger partial charge in [0.2, 0.25) is 5.91 Å². The van der Waals surface area contributed by atoms with Crippen molar-refractivity contribution in [2.45, 2.75) is 38.1 Å². The highest BCUT2D eigenvalue weighted by Crippen LogP contribution is 2.35. The number of rotatable bonds is 9. The van der Waals surface area contributed by atoms with Crippen molar-refractivity contribution in [2.75, 3.05) is 36.9 Å². The highest BCUT2D eigenvalue weighted by Gasteiger charge is 2.26. The number of nitrogens with zero attached hydrogens (tertiary/aromatic N) is 4. The Bertz CT molecular complexity index is 1390. The van der Waals surface area contributed by atoms with E-state index in [4.69, 9.17) is 21.3 Å². The molecule has 3 aromatic rings. The molecule has 2 aliphatic heterocycles. The first-order chi connectivity index (χ1) is 18.0. The standard InChI is InChI=1S/C26H28ClN7O3/c27-24-19(4-3-5-20(24)37-11-10-33-8-1-2-9-33)30-21-14-22(29-18-6-7-18)34-25(31-21)17(15-28-34)12-16-13-23(35)32-26(16)36/h3-5,12,14-15,18,29H,1-2,6-11,13H2,(H,30,31)(H,32,35,36)/b16-12+. The van der Waals surface area contributed by atoms with Crippen molar-refractivity contribution >= 4 is 52.5 Å². The summed E-state index contributed by atoms with van der Waals surface area (Å²) in [6, 6.07) is 7.91. The number of ether oxygens (including phenoxy) is 1. The van der Waals surface area contributed by atoms with E-state index in [-0.39, 0.29) is 18.2 Å². The molecule has 1 saturated carbocycles. The number of anilines is 3. The van der Waals surface area contributed by atoms with Gasteiger partial charge in [-0.25, -0.2) is 4.98 Å². The second-order valence-corrected chi connectivity index (χ2v) is 10.0. The van der Waals surface area contributed by atoms with Gasteiger partial charge in [0.15, 0.2) is 5.65 Å². The third-order valence-electron chi connectivity index (χ3n) is 6.74. The summed E-state index contributed by atoms with van der Waals surface area (Å²) in [7, 11) is 0. The Kier molecular flexibility index (Phi) is 6.43. The van der Waals surface area contributed by atoms with E-state index < -0.39 is 0 Å². The smallest absolute Gasteiger partial charge is 0.254 e. The molecule has 3 fully saturated rings. The second kappa shape index (κ2) is 10.0. The monoisotopic (exact) mass is 521 g/mol. The van der Waals surface area contributed by atoms with Crippen LogP contribution in [-0.4, -0.2) is 63.6 Å². The number of halogens is 1. The molecule has 3 N–H and O–H groups in total. The lowest BCUT2D eigenvalue weighted by atomic mass is 10.1. The molecule has 2 aromatic heterocycles. The van der Waals surface area contributed by atoms with Crippen molar-refractivity contribution in [1.29, 1.82) is 0 Å². The zero-order valence-electron chi connectivity index (χ0n) is 20.3. The van der Waals surface area contributed by atoms with Crippen molar-refractivity contribution in [1.82, 2.24) is 24.8 Å².